The summed E-state index contributed by atoms with van der Waals surface area (Å²) in [5.41, 5.74) is 7.43. The Bertz CT molecular complexity index is 1220. The number of carbonyl (C=O) groups is 4. The van der Waals surface area contributed by atoms with Crippen molar-refractivity contribution in [1.29, 1.82) is 0 Å². The Labute approximate surface area is 204 Å². The van der Waals surface area contributed by atoms with Gasteiger partial charge in [-0.15, -0.1) is 11.3 Å². The Hall–Kier alpha value is -3.31. The Balaban J connectivity index is 1.49. The summed E-state index contributed by atoms with van der Waals surface area (Å²) in [6.07, 6.45) is 5.11. The molecule has 4 amide bonds. The van der Waals surface area contributed by atoms with Gasteiger partial charge in [0.15, 0.2) is 11.5 Å². The number of fused-ring (bicyclic) bond motifs is 1. The molecular formula is C23H23N3O6S2. The summed E-state index contributed by atoms with van der Waals surface area (Å²) in [4.78, 5) is 52.1. The number of methoxy groups -OCH3 is 2. The molecule has 1 fully saturated rings. The van der Waals surface area contributed by atoms with Gasteiger partial charge in [-0.1, -0.05) is 6.07 Å². The van der Waals surface area contributed by atoms with E-state index in [-0.39, 0.29) is 4.91 Å². The van der Waals surface area contributed by atoms with Gasteiger partial charge in [0.2, 0.25) is 5.91 Å². The first-order valence-corrected chi connectivity index (χ1v) is 12.2. The van der Waals surface area contributed by atoms with E-state index in [1.165, 1.54) is 25.6 Å². The van der Waals surface area contributed by atoms with Crippen molar-refractivity contribution in [3.8, 4) is 11.5 Å². The number of anilines is 1. The van der Waals surface area contributed by atoms with E-state index < -0.39 is 29.5 Å². The van der Waals surface area contributed by atoms with Crippen molar-refractivity contribution in [3.05, 3.63) is 44.7 Å². The molecule has 0 radical (unpaired) electrons. The molecule has 0 saturated carbocycles. The number of aryl methyl sites for hydroxylation is 1. The summed E-state index contributed by atoms with van der Waals surface area (Å²) in [5, 5.41) is 2.51. The highest BCUT2D eigenvalue weighted by atomic mass is 32.2. The zero-order valence-electron chi connectivity index (χ0n) is 18.6. The van der Waals surface area contributed by atoms with Crippen molar-refractivity contribution in [2.24, 2.45) is 5.73 Å². The third kappa shape index (κ3) is 4.66. The lowest BCUT2D eigenvalue weighted by atomic mass is 9.95. The number of rotatable bonds is 7. The van der Waals surface area contributed by atoms with Gasteiger partial charge in [-0.25, -0.2) is 0 Å². The number of hydrogen-bond donors (Lipinski definition) is 2. The Morgan fingerprint density at radius 3 is 2.59 bits per heavy atom. The first kappa shape index (κ1) is 23.8. The molecule has 1 aromatic carbocycles. The Morgan fingerprint density at radius 1 is 1.15 bits per heavy atom. The summed E-state index contributed by atoms with van der Waals surface area (Å²) in [7, 11) is 3.02. The van der Waals surface area contributed by atoms with Crippen LogP contribution in [0.2, 0.25) is 0 Å². The highest BCUT2D eigenvalue weighted by Gasteiger charge is 2.36. The van der Waals surface area contributed by atoms with Gasteiger partial charge in [-0.2, -0.15) is 0 Å². The SMILES string of the molecule is COc1ccc(/C=C2/SC(=O)N(CC(=O)Nc3sc4c(c3C(N)=O)CCCC4)C2=O)cc1OC. The number of hydrogen-bond acceptors (Lipinski definition) is 8. The second-order valence-corrected chi connectivity index (χ2v) is 9.81. The number of carbonyl (C=O) groups excluding carboxylic acids is 4. The van der Waals surface area contributed by atoms with Crippen LogP contribution in [-0.4, -0.2) is 48.6 Å². The maximum Gasteiger partial charge on any atom is 0.294 e. The Morgan fingerprint density at radius 2 is 1.88 bits per heavy atom. The van der Waals surface area contributed by atoms with Crippen LogP contribution in [0.1, 0.15) is 39.2 Å². The van der Waals surface area contributed by atoms with E-state index in [0.29, 0.717) is 27.6 Å². The molecule has 0 bridgehead atoms. The molecule has 2 aliphatic rings. The average Bonchev–Trinajstić information content (AvgIpc) is 3.30. The topological polar surface area (TPSA) is 128 Å². The standard InChI is InChI=1S/C23H23N3O6S2/c1-31-14-8-7-12(9-15(14)32-2)10-17-22(29)26(23(30)34-17)11-18(27)25-21-19(20(24)28)13-5-3-4-6-16(13)33-21/h7-10H,3-6,11H2,1-2H3,(H2,24,28)(H,25,27)/b17-10+. The molecule has 1 saturated heterocycles. The van der Waals surface area contributed by atoms with Crippen molar-refractivity contribution in [3.63, 3.8) is 0 Å². The predicted molar refractivity (Wildman–Crippen MR) is 130 cm³/mol. The summed E-state index contributed by atoms with van der Waals surface area (Å²) in [6.45, 7) is -0.464. The zero-order chi connectivity index (χ0) is 24.4. The molecule has 2 heterocycles. The second kappa shape index (κ2) is 9.90. The molecule has 1 aliphatic carbocycles. The third-order valence-corrected chi connectivity index (χ3v) is 7.67. The van der Waals surface area contributed by atoms with Crippen molar-refractivity contribution in [2.75, 3.05) is 26.1 Å². The molecule has 2 aromatic rings. The van der Waals surface area contributed by atoms with E-state index >= 15 is 0 Å². The zero-order valence-corrected chi connectivity index (χ0v) is 20.3. The van der Waals surface area contributed by atoms with Gasteiger partial charge in [0.1, 0.15) is 11.5 Å². The lowest BCUT2D eigenvalue weighted by Gasteiger charge is -2.13. The van der Waals surface area contributed by atoms with Gasteiger partial charge in [0.05, 0.1) is 24.7 Å². The third-order valence-electron chi connectivity index (χ3n) is 5.55. The largest absolute Gasteiger partial charge is 0.493 e. The van der Waals surface area contributed by atoms with Crippen LogP contribution in [0.5, 0.6) is 11.5 Å². The van der Waals surface area contributed by atoms with Crippen LogP contribution in [0.15, 0.2) is 23.1 Å². The first-order chi connectivity index (χ1) is 16.3. The number of thioether (sulfide) groups is 1. The maximum absolute atomic E-state index is 12.8. The van der Waals surface area contributed by atoms with Crippen molar-refractivity contribution in [1.82, 2.24) is 4.90 Å². The molecule has 34 heavy (non-hydrogen) atoms. The van der Waals surface area contributed by atoms with Gasteiger partial charge in [0, 0.05) is 4.88 Å². The summed E-state index contributed by atoms with van der Waals surface area (Å²) < 4.78 is 10.5. The van der Waals surface area contributed by atoms with Crippen molar-refractivity contribution < 1.29 is 28.7 Å². The van der Waals surface area contributed by atoms with Crippen LogP contribution < -0.4 is 20.5 Å². The molecular weight excluding hydrogens is 478 g/mol. The van der Waals surface area contributed by atoms with Crippen molar-refractivity contribution >= 4 is 57.1 Å². The molecule has 0 spiro atoms. The number of benzene rings is 1. The highest BCUT2D eigenvalue weighted by Crippen LogP contribution is 2.38. The normalized spacial score (nSPS) is 16.5. The minimum absolute atomic E-state index is 0.189. The lowest BCUT2D eigenvalue weighted by molar-refractivity contribution is -0.127. The molecule has 1 aliphatic heterocycles. The quantitative estimate of drug-likeness (QED) is 0.556. The summed E-state index contributed by atoms with van der Waals surface area (Å²) in [6, 6.07) is 5.11. The maximum atomic E-state index is 12.8. The van der Waals surface area contributed by atoms with E-state index in [0.717, 1.165) is 52.8 Å². The van der Waals surface area contributed by atoms with Gasteiger partial charge in [-0.05, 0) is 66.8 Å². The second-order valence-electron chi connectivity index (χ2n) is 7.71. The molecule has 4 rings (SSSR count). The van der Waals surface area contributed by atoms with E-state index in [2.05, 4.69) is 5.32 Å². The van der Waals surface area contributed by atoms with E-state index in [1.807, 2.05) is 0 Å². The van der Waals surface area contributed by atoms with Crippen LogP contribution >= 0.6 is 23.1 Å². The van der Waals surface area contributed by atoms with Gasteiger partial charge in [-0.3, -0.25) is 24.1 Å². The predicted octanol–water partition coefficient (Wildman–Crippen LogP) is 3.42. The first-order valence-electron chi connectivity index (χ1n) is 10.5. The molecule has 178 valence electrons. The van der Waals surface area contributed by atoms with Crippen LogP contribution in [0.25, 0.3) is 6.08 Å². The van der Waals surface area contributed by atoms with E-state index in [9.17, 15) is 19.2 Å². The van der Waals surface area contributed by atoms with Crippen molar-refractivity contribution in [2.45, 2.75) is 25.7 Å². The number of primary amides is 1. The number of ether oxygens (including phenoxy) is 2. The van der Waals surface area contributed by atoms with Gasteiger partial charge in [0.25, 0.3) is 17.1 Å². The van der Waals surface area contributed by atoms with Crippen LogP contribution in [-0.2, 0) is 22.4 Å². The lowest BCUT2D eigenvalue weighted by Crippen LogP contribution is -2.36. The molecule has 9 nitrogen and oxygen atoms in total. The molecule has 0 atom stereocenters. The molecule has 11 heteroatoms. The fourth-order valence-electron chi connectivity index (χ4n) is 3.95. The fourth-order valence-corrected chi connectivity index (χ4v) is 6.10. The number of imide groups is 1. The minimum atomic E-state index is -0.598. The Kier molecular flexibility index (Phi) is 6.94. The molecule has 0 unspecified atom stereocenters. The van der Waals surface area contributed by atoms with Gasteiger partial charge >= 0.3 is 0 Å². The molecule has 3 N–H and O–H groups in total. The van der Waals surface area contributed by atoms with E-state index in [1.54, 1.807) is 24.3 Å². The average molecular weight is 502 g/mol. The van der Waals surface area contributed by atoms with Crippen LogP contribution in [0.3, 0.4) is 0 Å². The number of nitrogens with two attached hydrogens (primary N) is 1. The highest BCUT2D eigenvalue weighted by molar-refractivity contribution is 8.18. The number of amides is 4. The van der Waals surface area contributed by atoms with E-state index in [4.69, 9.17) is 15.2 Å². The summed E-state index contributed by atoms with van der Waals surface area (Å²) >= 11 is 2.08. The van der Waals surface area contributed by atoms with Crippen LogP contribution in [0, 0.1) is 0 Å². The van der Waals surface area contributed by atoms with Gasteiger partial charge < -0.3 is 20.5 Å². The smallest absolute Gasteiger partial charge is 0.294 e. The van der Waals surface area contributed by atoms with Crippen LogP contribution in [0.4, 0.5) is 9.80 Å². The number of thiophene rings is 1. The summed E-state index contributed by atoms with van der Waals surface area (Å²) in [5.74, 6) is -0.719. The monoisotopic (exact) mass is 501 g/mol. The minimum Gasteiger partial charge on any atom is -0.493 e. The molecule has 1 aromatic heterocycles. The number of nitrogens with one attached hydrogen (secondary N) is 1. The number of nitrogens with zero attached hydrogens (tertiary/aromatic N) is 1. The fraction of sp³-hybridized carbons (Fsp3) is 0.304.